The van der Waals surface area contributed by atoms with Crippen LogP contribution in [0.1, 0.15) is 23.2 Å². The number of hydrogen-bond donors (Lipinski definition) is 3. The van der Waals surface area contributed by atoms with Gasteiger partial charge in [0.05, 0.1) is 11.3 Å². The average molecular weight is 296 g/mol. The van der Waals surface area contributed by atoms with E-state index < -0.39 is 22.8 Å². The molecule has 3 N–H and O–H groups in total. The number of nitrogens with one attached hydrogen (secondary N) is 2. The van der Waals surface area contributed by atoms with Gasteiger partial charge in [0.2, 0.25) is 0 Å². The van der Waals surface area contributed by atoms with Gasteiger partial charge in [-0.05, 0) is 25.0 Å². The molecule has 0 saturated carbocycles. The third-order valence-electron chi connectivity index (χ3n) is 3.13. The molecule has 0 unspecified atom stereocenters. The highest BCUT2D eigenvalue weighted by atomic mass is 32.2. The molecule has 1 fully saturated rings. The molecule has 0 atom stereocenters. The van der Waals surface area contributed by atoms with Crippen LogP contribution in [0.2, 0.25) is 0 Å². The maximum Gasteiger partial charge on any atom is 0.337 e. The normalized spacial score (nSPS) is 22.0. The van der Waals surface area contributed by atoms with E-state index in [0.717, 1.165) is 0 Å². The summed E-state index contributed by atoms with van der Waals surface area (Å²) in [4.78, 5) is 22.9. The Morgan fingerprint density at radius 2 is 1.85 bits per heavy atom. The summed E-state index contributed by atoms with van der Waals surface area (Å²) in [7, 11) is -0.773. The molecule has 1 aromatic rings. The molecule has 108 valence electrons. The van der Waals surface area contributed by atoms with E-state index in [1.807, 2.05) is 0 Å². The van der Waals surface area contributed by atoms with Crippen molar-refractivity contribution in [2.24, 2.45) is 0 Å². The summed E-state index contributed by atoms with van der Waals surface area (Å²) in [6.07, 6.45) is 1.36. The SMILES string of the molecule is O=C(Nc1ccccc1C(=O)O)NC1CCS(=O)CC1. The molecule has 6 nitrogen and oxygen atoms in total. The van der Waals surface area contributed by atoms with Gasteiger partial charge in [0.1, 0.15) is 0 Å². The molecular formula is C13H16N2O4S. The van der Waals surface area contributed by atoms with Crippen LogP contribution < -0.4 is 10.6 Å². The van der Waals surface area contributed by atoms with Gasteiger partial charge in [0, 0.05) is 28.3 Å². The van der Waals surface area contributed by atoms with Crippen molar-refractivity contribution in [3.05, 3.63) is 29.8 Å². The maximum atomic E-state index is 11.8. The Hall–Kier alpha value is -1.89. The van der Waals surface area contributed by atoms with E-state index in [0.29, 0.717) is 24.3 Å². The zero-order valence-electron chi connectivity index (χ0n) is 10.8. The minimum atomic E-state index is -1.09. The Balaban J connectivity index is 1.95. The van der Waals surface area contributed by atoms with Crippen LogP contribution in [0, 0.1) is 0 Å². The van der Waals surface area contributed by atoms with Crippen LogP contribution in [0.15, 0.2) is 24.3 Å². The molecule has 1 aromatic carbocycles. The third-order valence-corrected chi connectivity index (χ3v) is 4.51. The van der Waals surface area contributed by atoms with Gasteiger partial charge in [-0.3, -0.25) is 4.21 Å². The molecule has 1 aliphatic rings. The third kappa shape index (κ3) is 3.80. The van der Waals surface area contributed by atoms with Crippen molar-refractivity contribution in [1.29, 1.82) is 0 Å². The largest absolute Gasteiger partial charge is 0.478 e. The number of anilines is 1. The molecular weight excluding hydrogens is 280 g/mol. The fourth-order valence-corrected chi connectivity index (χ4v) is 3.36. The van der Waals surface area contributed by atoms with Crippen LogP contribution in [0.25, 0.3) is 0 Å². The second-order valence-electron chi connectivity index (χ2n) is 4.57. The number of rotatable bonds is 3. The Labute approximate surface area is 119 Å². The Bertz CT molecular complexity index is 537. The van der Waals surface area contributed by atoms with Crippen molar-refractivity contribution in [2.45, 2.75) is 18.9 Å². The van der Waals surface area contributed by atoms with Crippen molar-refractivity contribution in [3.8, 4) is 0 Å². The molecule has 0 spiro atoms. The molecule has 1 aliphatic heterocycles. The Morgan fingerprint density at radius 1 is 1.20 bits per heavy atom. The van der Waals surface area contributed by atoms with Gasteiger partial charge >= 0.3 is 12.0 Å². The number of carboxylic acid groups (broad SMARTS) is 1. The van der Waals surface area contributed by atoms with Gasteiger partial charge < -0.3 is 15.7 Å². The number of carboxylic acids is 1. The minimum Gasteiger partial charge on any atom is -0.478 e. The first-order chi connectivity index (χ1) is 9.56. The quantitative estimate of drug-likeness (QED) is 0.786. The predicted molar refractivity (Wildman–Crippen MR) is 76.5 cm³/mol. The molecule has 2 rings (SSSR count). The Kier molecular flexibility index (Phi) is 4.73. The van der Waals surface area contributed by atoms with Crippen LogP contribution in [0.4, 0.5) is 10.5 Å². The molecule has 0 bridgehead atoms. The summed E-state index contributed by atoms with van der Waals surface area (Å²) >= 11 is 0. The Morgan fingerprint density at radius 3 is 2.50 bits per heavy atom. The fourth-order valence-electron chi connectivity index (χ4n) is 2.06. The van der Waals surface area contributed by atoms with Crippen molar-refractivity contribution in [3.63, 3.8) is 0 Å². The van der Waals surface area contributed by atoms with E-state index >= 15 is 0 Å². The van der Waals surface area contributed by atoms with Crippen LogP contribution in [0.5, 0.6) is 0 Å². The highest BCUT2D eigenvalue weighted by molar-refractivity contribution is 7.85. The molecule has 0 aromatic heterocycles. The number of aromatic carboxylic acids is 1. The summed E-state index contributed by atoms with van der Waals surface area (Å²) in [6, 6.07) is 5.79. The molecule has 0 aliphatic carbocycles. The van der Waals surface area contributed by atoms with Crippen LogP contribution in [-0.2, 0) is 10.8 Å². The van der Waals surface area contributed by atoms with E-state index in [2.05, 4.69) is 10.6 Å². The van der Waals surface area contributed by atoms with Gasteiger partial charge in [-0.25, -0.2) is 9.59 Å². The first-order valence-electron chi connectivity index (χ1n) is 6.31. The summed E-state index contributed by atoms with van der Waals surface area (Å²) in [6.45, 7) is 0. The topological polar surface area (TPSA) is 95.5 Å². The number of carbonyl (C=O) groups excluding carboxylic acids is 1. The van der Waals surface area contributed by atoms with E-state index in [-0.39, 0.29) is 17.3 Å². The van der Waals surface area contributed by atoms with Crippen LogP contribution in [0.3, 0.4) is 0 Å². The lowest BCUT2D eigenvalue weighted by Crippen LogP contribution is -2.41. The van der Waals surface area contributed by atoms with E-state index in [1.165, 1.54) is 6.07 Å². The van der Waals surface area contributed by atoms with Crippen LogP contribution >= 0.6 is 0 Å². The van der Waals surface area contributed by atoms with Gasteiger partial charge in [-0.15, -0.1) is 0 Å². The van der Waals surface area contributed by atoms with Crippen molar-refractivity contribution < 1.29 is 18.9 Å². The fraction of sp³-hybridized carbons (Fsp3) is 0.385. The lowest BCUT2D eigenvalue weighted by Gasteiger charge is -2.22. The van der Waals surface area contributed by atoms with Crippen molar-refractivity contribution >= 4 is 28.5 Å². The zero-order chi connectivity index (χ0) is 14.5. The number of urea groups is 1. The predicted octanol–water partition coefficient (Wildman–Crippen LogP) is 1.42. The molecule has 20 heavy (non-hydrogen) atoms. The molecule has 0 radical (unpaired) electrons. The number of hydrogen-bond acceptors (Lipinski definition) is 3. The number of benzene rings is 1. The summed E-state index contributed by atoms with van der Waals surface area (Å²) in [5, 5.41) is 14.3. The van der Waals surface area contributed by atoms with Crippen molar-refractivity contribution in [2.75, 3.05) is 16.8 Å². The molecule has 1 saturated heterocycles. The maximum absolute atomic E-state index is 11.8. The van der Waals surface area contributed by atoms with E-state index in [1.54, 1.807) is 18.2 Å². The standard InChI is InChI=1S/C13H16N2O4S/c16-12(17)10-3-1-2-4-11(10)15-13(18)14-9-5-7-20(19)8-6-9/h1-4,9H,5-8H2,(H,16,17)(H2,14,15,18). The molecule has 2 amide bonds. The second kappa shape index (κ2) is 6.51. The van der Waals surface area contributed by atoms with Crippen LogP contribution in [-0.4, -0.2) is 38.9 Å². The summed E-state index contributed by atoms with van der Waals surface area (Å²) < 4.78 is 11.2. The van der Waals surface area contributed by atoms with Gasteiger partial charge in [0.25, 0.3) is 0 Å². The van der Waals surface area contributed by atoms with E-state index in [9.17, 15) is 13.8 Å². The molecule has 7 heteroatoms. The first kappa shape index (κ1) is 14.5. The lowest BCUT2D eigenvalue weighted by molar-refractivity contribution is 0.0698. The van der Waals surface area contributed by atoms with E-state index in [4.69, 9.17) is 5.11 Å². The van der Waals surface area contributed by atoms with Gasteiger partial charge in [0.15, 0.2) is 0 Å². The van der Waals surface area contributed by atoms with Gasteiger partial charge in [-0.1, -0.05) is 12.1 Å². The summed E-state index contributed by atoms with van der Waals surface area (Å²) in [5.41, 5.74) is 0.310. The monoisotopic (exact) mass is 296 g/mol. The number of amides is 2. The number of para-hydroxylation sites is 1. The minimum absolute atomic E-state index is 0.00955. The molecule has 1 heterocycles. The van der Waals surface area contributed by atoms with Crippen molar-refractivity contribution in [1.82, 2.24) is 5.32 Å². The first-order valence-corrected chi connectivity index (χ1v) is 7.80. The number of carbonyl (C=O) groups is 2. The summed E-state index contributed by atoms with van der Waals surface area (Å²) in [5.74, 6) is 0.0989. The smallest absolute Gasteiger partial charge is 0.337 e. The average Bonchev–Trinajstić information content (AvgIpc) is 2.41. The lowest BCUT2D eigenvalue weighted by atomic mass is 10.1. The van der Waals surface area contributed by atoms with Gasteiger partial charge in [-0.2, -0.15) is 0 Å². The highest BCUT2D eigenvalue weighted by Crippen LogP contribution is 2.15. The highest BCUT2D eigenvalue weighted by Gasteiger charge is 2.20. The zero-order valence-corrected chi connectivity index (χ0v) is 11.6. The second-order valence-corrected chi connectivity index (χ2v) is 6.27.